The van der Waals surface area contributed by atoms with Crippen molar-refractivity contribution in [1.82, 2.24) is 10.6 Å². The molecular formula is C15H26N2O. The first-order valence-electron chi connectivity index (χ1n) is 6.62. The lowest BCUT2D eigenvalue weighted by Gasteiger charge is -2.14. The maximum absolute atomic E-state index is 5.45. The van der Waals surface area contributed by atoms with Crippen LogP contribution >= 0.6 is 0 Å². The van der Waals surface area contributed by atoms with Crippen LogP contribution in [0.1, 0.15) is 30.5 Å². The summed E-state index contributed by atoms with van der Waals surface area (Å²) in [6, 6.07) is 4.84. The lowest BCUT2D eigenvalue weighted by Crippen LogP contribution is -2.31. The minimum atomic E-state index is 0.544. The molecule has 102 valence electrons. The second-order valence-corrected chi connectivity index (χ2v) is 5.05. The lowest BCUT2D eigenvalue weighted by molar-refractivity contribution is 0.406. The zero-order valence-corrected chi connectivity index (χ0v) is 12.3. The van der Waals surface area contributed by atoms with E-state index in [0.29, 0.717) is 6.04 Å². The predicted octanol–water partition coefficient (Wildman–Crippen LogP) is 2.40. The van der Waals surface area contributed by atoms with E-state index < -0.39 is 0 Å². The third-order valence-electron chi connectivity index (χ3n) is 2.95. The van der Waals surface area contributed by atoms with E-state index in [1.165, 1.54) is 16.7 Å². The molecule has 0 aromatic heterocycles. The number of ether oxygens (including phenoxy) is 1. The molecule has 0 unspecified atom stereocenters. The minimum Gasteiger partial charge on any atom is -0.496 e. The first-order valence-corrected chi connectivity index (χ1v) is 6.62. The van der Waals surface area contributed by atoms with Crippen molar-refractivity contribution in [2.75, 3.05) is 20.2 Å². The van der Waals surface area contributed by atoms with Crippen LogP contribution in [0.2, 0.25) is 0 Å². The molecule has 0 aliphatic carbocycles. The number of aryl methyl sites for hydroxylation is 2. The van der Waals surface area contributed by atoms with Gasteiger partial charge in [0.1, 0.15) is 5.75 Å². The average Bonchev–Trinajstić information content (AvgIpc) is 2.30. The zero-order chi connectivity index (χ0) is 13.5. The molecule has 0 aliphatic heterocycles. The van der Waals surface area contributed by atoms with Crippen LogP contribution in [-0.2, 0) is 6.54 Å². The third kappa shape index (κ3) is 4.67. The molecular weight excluding hydrogens is 224 g/mol. The normalized spacial score (nSPS) is 11.0. The molecule has 3 heteroatoms. The Labute approximate surface area is 111 Å². The van der Waals surface area contributed by atoms with Crippen molar-refractivity contribution in [3.05, 3.63) is 28.8 Å². The first-order chi connectivity index (χ1) is 8.54. The van der Waals surface area contributed by atoms with Gasteiger partial charge in [0.2, 0.25) is 0 Å². The molecule has 0 aliphatic rings. The highest BCUT2D eigenvalue weighted by Crippen LogP contribution is 2.23. The molecule has 0 spiro atoms. The topological polar surface area (TPSA) is 33.3 Å². The Balaban J connectivity index is 2.51. The van der Waals surface area contributed by atoms with E-state index in [1.807, 2.05) is 0 Å². The fourth-order valence-corrected chi connectivity index (χ4v) is 2.03. The van der Waals surface area contributed by atoms with Crippen molar-refractivity contribution in [1.29, 1.82) is 0 Å². The van der Waals surface area contributed by atoms with Crippen molar-refractivity contribution in [3.63, 3.8) is 0 Å². The van der Waals surface area contributed by atoms with E-state index in [2.05, 4.69) is 50.5 Å². The lowest BCUT2D eigenvalue weighted by atomic mass is 10.0. The monoisotopic (exact) mass is 250 g/mol. The van der Waals surface area contributed by atoms with Crippen LogP contribution in [0.4, 0.5) is 0 Å². The Morgan fingerprint density at radius 3 is 2.50 bits per heavy atom. The molecule has 0 radical (unpaired) electrons. The van der Waals surface area contributed by atoms with E-state index >= 15 is 0 Å². The summed E-state index contributed by atoms with van der Waals surface area (Å²) in [5, 5.41) is 6.84. The second kappa shape index (κ2) is 7.39. The number of hydrogen-bond acceptors (Lipinski definition) is 3. The van der Waals surface area contributed by atoms with Crippen molar-refractivity contribution >= 4 is 0 Å². The molecule has 3 nitrogen and oxygen atoms in total. The minimum absolute atomic E-state index is 0.544. The first kappa shape index (κ1) is 15.0. The molecule has 0 fully saturated rings. The molecule has 0 amide bonds. The Morgan fingerprint density at radius 1 is 1.17 bits per heavy atom. The van der Waals surface area contributed by atoms with Gasteiger partial charge in [-0.3, -0.25) is 0 Å². The van der Waals surface area contributed by atoms with Gasteiger partial charge in [0.15, 0.2) is 0 Å². The van der Waals surface area contributed by atoms with Crippen LogP contribution in [0.3, 0.4) is 0 Å². The highest BCUT2D eigenvalue weighted by molar-refractivity contribution is 5.42. The number of nitrogens with one attached hydrogen (secondary N) is 2. The van der Waals surface area contributed by atoms with Crippen LogP contribution in [0, 0.1) is 13.8 Å². The molecule has 2 N–H and O–H groups in total. The van der Waals surface area contributed by atoms with E-state index in [-0.39, 0.29) is 0 Å². The summed E-state index contributed by atoms with van der Waals surface area (Å²) < 4.78 is 5.45. The summed E-state index contributed by atoms with van der Waals surface area (Å²) >= 11 is 0. The number of methoxy groups -OCH3 is 1. The van der Waals surface area contributed by atoms with Gasteiger partial charge in [-0.25, -0.2) is 0 Å². The summed E-state index contributed by atoms with van der Waals surface area (Å²) in [6.45, 7) is 11.4. The average molecular weight is 250 g/mol. The number of rotatable bonds is 7. The van der Waals surface area contributed by atoms with Crippen molar-refractivity contribution in [2.45, 2.75) is 40.3 Å². The Morgan fingerprint density at radius 2 is 1.89 bits per heavy atom. The van der Waals surface area contributed by atoms with Gasteiger partial charge in [-0.2, -0.15) is 0 Å². The van der Waals surface area contributed by atoms with Gasteiger partial charge >= 0.3 is 0 Å². The summed E-state index contributed by atoms with van der Waals surface area (Å²) in [5.74, 6) is 0.983. The Bertz CT molecular complexity index is 375. The largest absolute Gasteiger partial charge is 0.496 e. The maximum Gasteiger partial charge on any atom is 0.123 e. The fourth-order valence-electron chi connectivity index (χ4n) is 2.03. The molecule has 1 rings (SSSR count). The molecule has 0 saturated carbocycles. The molecule has 0 atom stereocenters. The summed E-state index contributed by atoms with van der Waals surface area (Å²) in [4.78, 5) is 0. The summed E-state index contributed by atoms with van der Waals surface area (Å²) in [5.41, 5.74) is 3.79. The molecule has 1 aromatic rings. The number of hydrogen-bond donors (Lipinski definition) is 2. The molecule has 0 heterocycles. The van der Waals surface area contributed by atoms with Crippen LogP contribution in [-0.4, -0.2) is 26.2 Å². The third-order valence-corrected chi connectivity index (χ3v) is 2.95. The Kier molecular flexibility index (Phi) is 6.16. The van der Waals surface area contributed by atoms with Crippen molar-refractivity contribution in [3.8, 4) is 5.75 Å². The van der Waals surface area contributed by atoms with Crippen molar-refractivity contribution < 1.29 is 4.74 Å². The fraction of sp³-hybridized carbons (Fsp3) is 0.600. The molecule has 0 bridgehead atoms. The summed E-state index contributed by atoms with van der Waals surface area (Å²) in [7, 11) is 1.73. The van der Waals surface area contributed by atoms with Gasteiger partial charge in [-0.05, 0) is 31.0 Å². The highest BCUT2D eigenvalue weighted by atomic mass is 16.5. The molecule has 1 aromatic carbocycles. The van der Waals surface area contributed by atoms with Crippen molar-refractivity contribution in [2.24, 2.45) is 0 Å². The molecule has 0 saturated heterocycles. The van der Waals surface area contributed by atoms with Crippen LogP contribution < -0.4 is 15.4 Å². The number of benzene rings is 1. The highest BCUT2D eigenvalue weighted by Gasteiger charge is 2.06. The summed E-state index contributed by atoms with van der Waals surface area (Å²) in [6.07, 6.45) is 0. The standard InChI is InChI=1S/C15H26N2O/c1-11(2)17-7-6-16-10-14-13(4)8-12(3)9-15(14)18-5/h8-9,11,16-17H,6-7,10H2,1-5H3. The maximum atomic E-state index is 5.45. The van der Waals surface area contributed by atoms with Crippen LogP contribution in [0.5, 0.6) is 5.75 Å². The van der Waals surface area contributed by atoms with E-state index in [1.54, 1.807) is 7.11 Å². The smallest absolute Gasteiger partial charge is 0.123 e. The second-order valence-electron chi connectivity index (χ2n) is 5.05. The van der Waals surface area contributed by atoms with Crippen LogP contribution in [0.15, 0.2) is 12.1 Å². The zero-order valence-electron chi connectivity index (χ0n) is 12.3. The van der Waals surface area contributed by atoms with E-state index in [9.17, 15) is 0 Å². The van der Waals surface area contributed by atoms with Gasteiger partial charge in [0.05, 0.1) is 7.11 Å². The van der Waals surface area contributed by atoms with E-state index in [4.69, 9.17) is 4.74 Å². The van der Waals surface area contributed by atoms with E-state index in [0.717, 1.165) is 25.4 Å². The quantitative estimate of drug-likeness (QED) is 0.729. The van der Waals surface area contributed by atoms with Gasteiger partial charge in [-0.15, -0.1) is 0 Å². The van der Waals surface area contributed by atoms with Gasteiger partial charge in [0, 0.05) is 31.2 Å². The predicted molar refractivity (Wildman–Crippen MR) is 77.3 cm³/mol. The Hall–Kier alpha value is -1.06. The van der Waals surface area contributed by atoms with Gasteiger partial charge in [0.25, 0.3) is 0 Å². The SMILES string of the molecule is COc1cc(C)cc(C)c1CNCCNC(C)C. The van der Waals surface area contributed by atoms with Gasteiger partial charge in [-0.1, -0.05) is 19.9 Å². The van der Waals surface area contributed by atoms with Gasteiger partial charge < -0.3 is 15.4 Å². The van der Waals surface area contributed by atoms with Crippen LogP contribution in [0.25, 0.3) is 0 Å². The molecule has 18 heavy (non-hydrogen) atoms.